The number of nitrogens with two attached hydrogens (primary N) is 1. The molecule has 0 saturated carbocycles. The maximum absolute atomic E-state index is 5.42. The van der Waals surface area contributed by atoms with Crippen LogP contribution < -0.4 is 10.5 Å². The minimum Gasteiger partial charge on any atom is -0.496 e. The Labute approximate surface area is 99.3 Å². The van der Waals surface area contributed by atoms with Crippen molar-refractivity contribution < 1.29 is 4.74 Å². The van der Waals surface area contributed by atoms with E-state index in [0.717, 1.165) is 35.2 Å². The lowest BCUT2D eigenvalue weighted by molar-refractivity contribution is 0.414. The smallest absolute Gasteiger partial charge is 0.126 e. The van der Waals surface area contributed by atoms with Crippen LogP contribution in [0, 0.1) is 0 Å². The summed E-state index contributed by atoms with van der Waals surface area (Å²) in [7, 11) is 1.68. The number of benzene rings is 1. The lowest BCUT2D eigenvalue weighted by Crippen LogP contribution is -1.96. The van der Waals surface area contributed by atoms with E-state index >= 15 is 0 Å². The number of halogens is 1. The van der Waals surface area contributed by atoms with Crippen molar-refractivity contribution in [2.75, 3.05) is 13.7 Å². The molecule has 0 amide bonds. The van der Waals surface area contributed by atoms with Gasteiger partial charge in [0.2, 0.25) is 0 Å². The summed E-state index contributed by atoms with van der Waals surface area (Å²) in [5, 5.41) is 0. The van der Waals surface area contributed by atoms with Crippen LogP contribution in [0.25, 0.3) is 6.08 Å². The third-order valence-electron chi connectivity index (χ3n) is 2.06. The average Bonchev–Trinajstić information content (AvgIpc) is 2.25. The second-order valence-corrected chi connectivity index (χ2v) is 4.14. The molecule has 1 aromatic carbocycles. The molecule has 0 aromatic heterocycles. The predicted molar refractivity (Wildman–Crippen MR) is 68.0 cm³/mol. The Morgan fingerprint density at radius 3 is 2.93 bits per heavy atom. The first kappa shape index (κ1) is 12.3. The van der Waals surface area contributed by atoms with Crippen molar-refractivity contribution >= 4 is 22.0 Å². The van der Waals surface area contributed by atoms with Crippen LogP contribution in [0.4, 0.5) is 0 Å². The Bertz CT molecular complexity index is 336. The number of rotatable bonds is 5. The number of hydrogen-bond donors (Lipinski definition) is 1. The maximum atomic E-state index is 5.42. The number of methoxy groups -OCH3 is 1. The van der Waals surface area contributed by atoms with Gasteiger partial charge in [0.25, 0.3) is 0 Å². The summed E-state index contributed by atoms with van der Waals surface area (Å²) in [6, 6.07) is 5.96. The van der Waals surface area contributed by atoms with Crippen LogP contribution in [0.3, 0.4) is 0 Å². The fourth-order valence-electron chi connectivity index (χ4n) is 1.28. The SMILES string of the molecule is COc1ccc(Br)cc1/C=C/CCCN. The van der Waals surface area contributed by atoms with Crippen LogP contribution in [0.5, 0.6) is 5.75 Å². The van der Waals surface area contributed by atoms with Crippen molar-refractivity contribution in [1.82, 2.24) is 0 Å². The van der Waals surface area contributed by atoms with Gasteiger partial charge in [-0.25, -0.2) is 0 Å². The van der Waals surface area contributed by atoms with Gasteiger partial charge in [0.05, 0.1) is 7.11 Å². The fraction of sp³-hybridized carbons (Fsp3) is 0.333. The summed E-state index contributed by atoms with van der Waals surface area (Å²) in [6.07, 6.45) is 6.22. The summed E-state index contributed by atoms with van der Waals surface area (Å²) in [5.41, 5.74) is 6.51. The van der Waals surface area contributed by atoms with Crippen molar-refractivity contribution in [3.63, 3.8) is 0 Å². The van der Waals surface area contributed by atoms with Gasteiger partial charge in [0.15, 0.2) is 0 Å². The van der Waals surface area contributed by atoms with E-state index in [0.29, 0.717) is 0 Å². The first-order chi connectivity index (χ1) is 7.27. The van der Waals surface area contributed by atoms with E-state index in [-0.39, 0.29) is 0 Å². The minimum atomic E-state index is 0.736. The van der Waals surface area contributed by atoms with Crippen LogP contribution in [0.15, 0.2) is 28.7 Å². The van der Waals surface area contributed by atoms with Gasteiger partial charge in [0, 0.05) is 10.0 Å². The highest BCUT2D eigenvalue weighted by Crippen LogP contribution is 2.24. The molecule has 2 N–H and O–H groups in total. The Hall–Kier alpha value is -0.800. The van der Waals surface area contributed by atoms with Gasteiger partial charge in [-0.1, -0.05) is 28.1 Å². The molecule has 0 unspecified atom stereocenters. The van der Waals surface area contributed by atoms with E-state index < -0.39 is 0 Å². The molecule has 0 aliphatic heterocycles. The zero-order valence-corrected chi connectivity index (χ0v) is 10.5. The second-order valence-electron chi connectivity index (χ2n) is 3.22. The summed E-state index contributed by atoms with van der Waals surface area (Å²) in [4.78, 5) is 0. The lowest BCUT2D eigenvalue weighted by atomic mass is 10.1. The van der Waals surface area contributed by atoms with E-state index in [1.807, 2.05) is 18.2 Å². The van der Waals surface area contributed by atoms with E-state index in [2.05, 4.69) is 28.1 Å². The topological polar surface area (TPSA) is 35.2 Å². The largest absolute Gasteiger partial charge is 0.496 e. The molecular formula is C12H16BrNO. The van der Waals surface area contributed by atoms with Crippen LogP contribution in [0.2, 0.25) is 0 Å². The first-order valence-electron chi connectivity index (χ1n) is 4.98. The van der Waals surface area contributed by atoms with Crippen molar-refractivity contribution in [2.24, 2.45) is 5.73 Å². The summed E-state index contributed by atoms with van der Waals surface area (Å²) in [6.45, 7) is 0.736. The molecule has 0 radical (unpaired) electrons. The molecule has 82 valence electrons. The van der Waals surface area contributed by atoms with Crippen molar-refractivity contribution in [3.8, 4) is 5.75 Å². The van der Waals surface area contributed by atoms with Gasteiger partial charge < -0.3 is 10.5 Å². The zero-order chi connectivity index (χ0) is 11.1. The molecule has 0 atom stereocenters. The number of allylic oxidation sites excluding steroid dienone is 1. The predicted octanol–water partition coefficient (Wildman–Crippen LogP) is 3.21. The molecule has 2 nitrogen and oxygen atoms in total. The summed E-state index contributed by atoms with van der Waals surface area (Å²) < 4.78 is 6.32. The van der Waals surface area contributed by atoms with Crippen LogP contribution in [0.1, 0.15) is 18.4 Å². The molecule has 3 heteroatoms. The third kappa shape index (κ3) is 4.06. The number of ether oxygens (including phenoxy) is 1. The van der Waals surface area contributed by atoms with Gasteiger partial charge in [-0.05, 0) is 37.6 Å². The third-order valence-corrected chi connectivity index (χ3v) is 2.56. The fourth-order valence-corrected chi connectivity index (χ4v) is 1.66. The van der Waals surface area contributed by atoms with Crippen molar-refractivity contribution in [3.05, 3.63) is 34.3 Å². The quantitative estimate of drug-likeness (QED) is 0.834. The highest BCUT2D eigenvalue weighted by atomic mass is 79.9. The van der Waals surface area contributed by atoms with Gasteiger partial charge in [-0.2, -0.15) is 0 Å². The van der Waals surface area contributed by atoms with E-state index in [1.165, 1.54) is 0 Å². The first-order valence-corrected chi connectivity index (χ1v) is 5.77. The Morgan fingerprint density at radius 2 is 2.27 bits per heavy atom. The molecule has 0 saturated heterocycles. The van der Waals surface area contributed by atoms with E-state index in [9.17, 15) is 0 Å². The summed E-state index contributed by atoms with van der Waals surface area (Å²) >= 11 is 3.44. The molecule has 0 aliphatic carbocycles. The van der Waals surface area contributed by atoms with Gasteiger partial charge >= 0.3 is 0 Å². The molecule has 0 aliphatic rings. The minimum absolute atomic E-state index is 0.736. The number of hydrogen-bond acceptors (Lipinski definition) is 2. The molecule has 0 spiro atoms. The molecule has 1 rings (SSSR count). The molecule has 0 bridgehead atoms. The standard InChI is InChI=1S/C12H16BrNO/c1-15-12-7-6-11(13)9-10(12)5-3-2-4-8-14/h3,5-7,9H,2,4,8,14H2,1H3/b5-3+. The molecule has 0 fully saturated rings. The van der Waals surface area contributed by atoms with Gasteiger partial charge in [-0.3, -0.25) is 0 Å². The number of unbranched alkanes of at least 4 members (excludes halogenated alkanes) is 1. The molecular weight excluding hydrogens is 254 g/mol. The van der Waals surface area contributed by atoms with Crippen molar-refractivity contribution in [2.45, 2.75) is 12.8 Å². The lowest BCUT2D eigenvalue weighted by Gasteiger charge is -2.04. The maximum Gasteiger partial charge on any atom is 0.126 e. The zero-order valence-electron chi connectivity index (χ0n) is 8.87. The second kappa shape index (κ2) is 6.64. The van der Waals surface area contributed by atoms with E-state index in [1.54, 1.807) is 7.11 Å². The van der Waals surface area contributed by atoms with Crippen molar-refractivity contribution in [1.29, 1.82) is 0 Å². The van der Waals surface area contributed by atoms with Crippen LogP contribution >= 0.6 is 15.9 Å². The Kier molecular flexibility index (Phi) is 5.43. The Morgan fingerprint density at radius 1 is 1.47 bits per heavy atom. The van der Waals surface area contributed by atoms with Crippen LogP contribution in [-0.2, 0) is 0 Å². The monoisotopic (exact) mass is 269 g/mol. The van der Waals surface area contributed by atoms with Crippen LogP contribution in [-0.4, -0.2) is 13.7 Å². The summed E-state index contributed by atoms with van der Waals surface area (Å²) in [5.74, 6) is 0.891. The average molecular weight is 270 g/mol. The normalized spacial score (nSPS) is 10.9. The van der Waals surface area contributed by atoms with Gasteiger partial charge in [-0.15, -0.1) is 0 Å². The van der Waals surface area contributed by atoms with Gasteiger partial charge in [0.1, 0.15) is 5.75 Å². The van der Waals surface area contributed by atoms with E-state index in [4.69, 9.17) is 10.5 Å². The molecule has 0 heterocycles. The highest BCUT2D eigenvalue weighted by Gasteiger charge is 1.99. The Balaban J connectivity index is 2.73. The molecule has 1 aromatic rings. The molecule has 15 heavy (non-hydrogen) atoms. The highest BCUT2D eigenvalue weighted by molar-refractivity contribution is 9.10.